The maximum Gasteiger partial charge on any atom is 0.0413 e. The zero-order valence-electron chi connectivity index (χ0n) is 12.0. The molecule has 0 amide bonds. The van der Waals surface area contributed by atoms with Crippen LogP contribution in [-0.4, -0.2) is 30.1 Å². The fraction of sp³-hybridized carbons (Fsp3) is 0.600. The van der Waals surface area contributed by atoms with Crippen LogP contribution in [0.1, 0.15) is 26.3 Å². The van der Waals surface area contributed by atoms with Crippen molar-refractivity contribution in [2.24, 2.45) is 0 Å². The van der Waals surface area contributed by atoms with Gasteiger partial charge in [-0.25, -0.2) is 0 Å². The van der Waals surface area contributed by atoms with Crippen LogP contribution in [-0.2, 0) is 6.54 Å². The van der Waals surface area contributed by atoms with E-state index in [0.717, 1.165) is 24.1 Å². The third-order valence-electron chi connectivity index (χ3n) is 3.20. The number of halogens is 1. The van der Waals surface area contributed by atoms with E-state index in [4.69, 9.17) is 0 Å². The zero-order chi connectivity index (χ0) is 13.9. The number of nitrogens with zero attached hydrogens (tertiary/aromatic N) is 1. The molecule has 1 aliphatic heterocycles. The number of thioether (sulfide) groups is 1. The van der Waals surface area contributed by atoms with Gasteiger partial charge in [-0.1, -0.05) is 15.9 Å². The molecule has 0 bridgehead atoms. The van der Waals surface area contributed by atoms with Gasteiger partial charge in [-0.05, 0) is 44.5 Å². The van der Waals surface area contributed by atoms with E-state index in [9.17, 15) is 0 Å². The second-order valence-electron chi connectivity index (χ2n) is 5.98. The lowest BCUT2D eigenvalue weighted by Gasteiger charge is -2.31. The van der Waals surface area contributed by atoms with Gasteiger partial charge in [0.1, 0.15) is 0 Å². The summed E-state index contributed by atoms with van der Waals surface area (Å²) in [5, 5.41) is 3.59. The van der Waals surface area contributed by atoms with Crippen molar-refractivity contribution in [2.75, 3.05) is 29.5 Å². The Labute approximate surface area is 129 Å². The van der Waals surface area contributed by atoms with Crippen molar-refractivity contribution in [3.05, 3.63) is 28.2 Å². The molecule has 1 fully saturated rings. The summed E-state index contributed by atoms with van der Waals surface area (Å²) in [5.74, 6) is 2.48. The van der Waals surface area contributed by atoms with E-state index < -0.39 is 0 Å². The maximum absolute atomic E-state index is 3.59. The fourth-order valence-corrected chi connectivity index (χ4v) is 3.48. The number of anilines is 1. The van der Waals surface area contributed by atoms with Crippen LogP contribution >= 0.6 is 27.7 Å². The Kier molecular flexibility index (Phi) is 5.21. The van der Waals surface area contributed by atoms with Crippen molar-refractivity contribution in [1.29, 1.82) is 0 Å². The smallest absolute Gasteiger partial charge is 0.0413 e. The third kappa shape index (κ3) is 4.69. The summed E-state index contributed by atoms with van der Waals surface area (Å²) in [7, 11) is 0. The number of hydrogen-bond acceptors (Lipinski definition) is 3. The highest BCUT2D eigenvalue weighted by molar-refractivity contribution is 9.10. The molecular weight excluding hydrogens is 320 g/mol. The molecule has 0 radical (unpaired) electrons. The number of rotatable bonds is 3. The minimum absolute atomic E-state index is 0.150. The highest BCUT2D eigenvalue weighted by Crippen LogP contribution is 2.27. The molecule has 0 aliphatic carbocycles. The van der Waals surface area contributed by atoms with Crippen molar-refractivity contribution in [3.8, 4) is 0 Å². The quantitative estimate of drug-likeness (QED) is 0.896. The van der Waals surface area contributed by atoms with Gasteiger partial charge in [-0.2, -0.15) is 11.8 Å². The van der Waals surface area contributed by atoms with Gasteiger partial charge in [0.15, 0.2) is 0 Å². The lowest BCUT2D eigenvalue weighted by Crippen LogP contribution is -2.37. The molecule has 0 saturated carbocycles. The largest absolute Gasteiger partial charge is 0.370 e. The first-order chi connectivity index (χ1) is 8.96. The van der Waals surface area contributed by atoms with E-state index in [1.165, 1.54) is 22.8 Å². The van der Waals surface area contributed by atoms with Crippen LogP contribution in [0.2, 0.25) is 0 Å². The van der Waals surface area contributed by atoms with Gasteiger partial charge < -0.3 is 10.2 Å². The number of benzene rings is 1. The van der Waals surface area contributed by atoms with Crippen LogP contribution in [0.5, 0.6) is 0 Å². The first-order valence-corrected chi connectivity index (χ1v) is 8.77. The Bertz CT molecular complexity index is 423. The van der Waals surface area contributed by atoms with Crippen LogP contribution in [0.15, 0.2) is 22.7 Å². The Hall–Kier alpha value is -0.190. The zero-order valence-corrected chi connectivity index (χ0v) is 14.4. The molecule has 2 rings (SSSR count). The standard InChI is InChI=1S/C15H23BrN2S/c1-15(2,3)17-11-12-10-13(16)4-5-14(12)18-6-8-19-9-7-18/h4-5,10,17H,6-9,11H2,1-3H3. The van der Waals surface area contributed by atoms with Crippen LogP contribution < -0.4 is 10.2 Å². The average molecular weight is 343 g/mol. The molecule has 1 aromatic carbocycles. The Morgan fingerprint density at radius 3 is 2.58 bits per heavy atom. The van der Waals surface area contributed by atoms with Crippen molar-refractivity contribution in [1.82, 2.24) is 5.32 Å². The van der Waals surface area contributed by atoms with Gasteiger partial charge in [0.2, 0.25) is 0 Å². The summed E-state index contributed by atoms with van der Waals surface area (Å²) in [5.41, 5.74) is 2.92. The third-order valence-corrected chi connectivity index (χ3v) is 4.64. The van der Waals surface area contributed by atoms with Gasteiger partial charge in [-0.3, -0.25) is 0 Å². The molecule has 1 heterocycles. The second-order valence-corrected chi connectivity index (χ2v) is 8.12. The Morgan fingerprint density at radius 1 is 1.26 bits per heavy atom. The molecule has 0 atom stereocenters. The molecule has 1 aliphatic rings. The molecule has 4 heteroatoms. The molecule has 19 heavy (non-hydrogen) atoms. The summed E-state index contributed by atoms with van der Waals surface area (Å²) in [6.07, 6.45) is 0. The molecule has 2 nitrogen and oxygen atoms in total. The summed E-state index contributed by atoms with van der Waals surface area (Å²) in [6.45, 7) is 9.87. The minimum atomic E-state index is 0.150. The van der Waals surface area contributed by atoms with E-state index in [-0.39, 0.29) is 5.54 Å². The second kappa shape index (κ2) is 6.51. The van der Waals surface area contributed by atoms with Crippen LogP contribution in [0, 0.1) is 0 Å². The van der Waals surface area contributed by atoms with Crippen molar-refractivity contribution in [2.45, 2.75) is 32.9 Å². The van der Waals surface area contributed by atoms with Gasteiger partial charge in [0.25, 0.3) is 0 Å². The fourth-order valence-electron chi connectivity index (χ4n) is 2.17. The summed E-state index contributed by atoms with van der Waals surface area (Å²) in [4.78, 5) is 2.52. The van der Waals surface area contributed by atoms with Gasteiger partial charge in [-0.15, -0.1) is 0 Å². The lowest BCUT2D eigenvalue weighted by atomic mass is 10.1. The molecule has 0 spiro atoms. The SMILES string of the molecule is CC(C)(C)NCc1cc(Br)ccc1N1CCSCC1. The summed E-state index contributed by atoms with van der Waals surface area (Å²) in [6, 6.07) is 6.65. The predicted octanol–water partition coefficient (Wildman–Crippen LogP) is 3.89. The van der Waals surface area contributed by atoms with E-state index in [1.54, 1.807) is 0 Å². The molecule has 1 aromatic rings. The maximum atomic E-state index is 3.59. The topological polar surface area (TPSA) is 15.3 Å². The van der Waals surface area contributed by atoms with E-state index in [1.807, 2.05) is 0 Å². The lowest BCUT2D eigenvalue weighted by molar-refractivity contribution is 0.424. The number of hydrogen-bond donors (Lipinski definition) is 1. The van der Waals surface area contributed by atoms with Crippen LogP contribution in [0.4, 0.5) is 5.69 Å². The molecule has 1 saturated heterocycles. The monoisotopic (exact) mass is 342 g/mol. The first-order valence-electron chi connectivity index (χ1n) is 6.82. The van der Waals surface area contributed by atoms with Gasteiger partial charge >= 0.3 is 0 Å². The normalized spacial score (nSPS) is 16.7. The highest BCUT2D eigenvalue weighted by Gasteiger charge is 2.16. The molecule has 106 valence electrons. The average Bonchev–Trinajstić information content (AvgIpc) is 2.37. The first kappa shape index (κ1) is 15.2. The highest BCUT2D eigenvalue weighted by atomic mass is 79.9. The Balaban J connectivity index is 2.17. The predicted molar refractivity (Wildman–Crippen MR) is 90.3 cm³/mol. The minimum Gasteiger partial charge on any atom is -0.370 e. The van der Waals surface area contributed by atoms with E-state index >= 15 is 0 Å². The van der Waals surface area contributed by atoms with Gasteiger partial charge in [0.05, 0.1) is 0 Å². The van der Waals surface area contributed by atoms with Crippen molar-refractivity contribution < 1.29 is 0 Å². The van der Waals surface area contributed by atoms with Gasteiger partial charge in [0, 0.05) is 46.8 Å². The van der Waals surface area contributed by atoms with Crippen molar-refractivity contribution >= 4 is 33.4 Å². The summed E-state index contributed by atoms with van der Waals surface area (Å²) < 4.78 is 1.16. The van der Waals surface area contributed by atoms with E-state index in [0.29, 0.717) is 0 Å². The van der Waals surface area contributed by atoms with E-state index in [2.05, 4.69) is 76.9 Å². The number of nitrogens with one attached hydrogen (secondary N) is 1. The molecule has 0 unspecified atom stereocenters. The molecule has 0 aromatic heterocycles. The van der Waals surface area contributed by atoms with Crippen LogP contribution in [0.3, 0.4) is 0 Å². The molecule has 1 N–H and O–H groups in total. The summed E-state index contributed by atoms with van der Waals surface area (Å²) >= 11 is 5.64. The van der Waals surface area contributed by atoms with Crippen molar-refractivity contribution in [3.63, 3.8) is 0 Å². The molecular formula is C15H23BrN2S. The van der Waals surface area contributed by atoms with Crippen LogP contribution in [0.25, 0.3) is 0 Å². The Morgan fingerprint density at radius 2 is 1.95 bits per heavy atom.